The summed E-state index contributed by atoms with van der Waals surface area (Å²) in [5.74, 6) is -0.102. The van der Waals surface area contributed by atoms with E-state index in [4.69, 9.17) is 4.84 Å². The molecule has 2 aromatic carbocycles. The van der Waals surface area contributed by atoms with E-state index in [9.17, 15) is 9.90 Å². The Morgan fingerprint density at radius 1 is 1.12 bits per heavy atom. The molecule has 5 heteroatoms. The Morgan fingerprint density at radius 2 is 1.73 bits per heavy atom. The first-order valence-corrected chi connectivity index (χ1v) is 8.89. The van der Waals surface area contributed by atoms with Gasteiger partial charge in [-0.1, -0.05) is 61.5 Å². The van der Waals surface area contributed by atoms with Crippen LogP contribution in [0.15, 0.2) is 59.8 Å². The van der Waals surface area contributed by atoms with Crippen molar-refractivity contribution >= 4 is 11.6 Å². The van der Waals surface area contributed by atoms with Gasteiger partial charge in [0.1, 0.15) is 7.11 Å². The number of benzene rings is 2. The minimum Gasteiger partial charge on any atom is -0.399 e. The lowest BCUT2D eigenvalue weighted by Gasteiger charge is -2.22. The number of aliphatic hydroxyl groups is 1. The second-order valence-corrected chi connectivity index (χ2v) is 5.76. The van der Waals surface area contributed by atoms with Crippen molar-refractivity contribution in [3.05, 3.63) is 60.2 Å². The van der Waals surface area contributed by atoms with Crippen molar-refractivity contribution in [2.45, 2.75) is 26.3 Å². The summed E-state index contributed by atoms with van der Waals surface area (Å²) in [5, 5.41) is 13.4. The molecule has 2 aromatic rings. The van der Waals surface area contributed by atoms with Crippen LogP contribution in [-0.4, -0.2) is 47.9 Å². The molecule has 0 aliphatic carbocycles. The van der Waals surface area contributed by atoms with Crippen LogP contribution >= 0.6 is 0 Å². The predicted molar refractivity (Wildman–Crippen MR) is 104 cm³/mol. The number of oxime groups is 1. The van der Waals surface area contributed by atoms with Crippen molar-refractivity contribution in [1.29, 1.82) is 0 Å². The van der Waals surface area contributed by atoms with E-state index in [2.05, 4.69) is 5.16 Å². The van der Waals surface area contributed by atoms with Gasteiger partial charge < -0.3 is 14.8 Å². The zero-order valence-corrected chi connectivity index (χ0v) is 15.6. The Bertz CT molecular complexity index is 727. The summed E-state index contributed by atoms with van der Waals surface area (Å²) in [6, 6.07) is 17.3. The summed E-state index contributed by atoms with van der Waals surface area (Å²) in [7, 11) is 1.48. The van der Waals surface area contributed by atoms with Gasteiger partial charge in [-0.05, 0) is 23.3 Å². The van der Waals surface area contributed by atoms with Crippen molar-refractivity contribution in [3.8, 4) is 11.1 Å². The minimum atomic E-state index is -0.250. The van der Waals surface area contributed by atoms with Gasteiger partial charge >= 0.3 is 0 Å². The van der Waals surface area contributed by atoms with Gasteiger partial charge in [-0.2, -0.15) is 0 Å². The van der Waals surface area contributed by atoms with Crippen LogP contribution in [0.2, 0.25) is 0 Å². The van der Waals surface area contributed by atoms with E-state index >= 15 is 0 Å². The molecule has 26 heavy (non-hydrogen) atoms. The third-order valence-corrected chi connectivity index (χ3v) is 4.20. The van der Waals surface area contributed by atoms with Crippen molar-refractivity contribution in [2.75, 3.05) is 20.3 Å². The number of likely N-dealkylation sites (tertiary alicyclic amines) is 1. The molecule has 1 atom stereocenters. The SMILES string of the molecule is CC.CO/N=C1/CC(CO)N(C(=O)c2ccc(-c3ccccc3)cc2)C1. The third kappa shape index (κ3) is 4.49. The second kappa shape index (κ2) is 9.73. The normalized spacial score (nSPS) is 17.6. The van der Waals surface area contributed by atoms with Crippen LogP contribution in [0, 0.1) is 0 Å². The van der Waals surface area contributed by atoms with Crippen LogP contribution in [0.3, 0.4) is 0 Å². The molecule has 3 rings (SSSR count). The number of hydrogen-bond acceptors (Lipinski definition) is 4. The van der Waals surface area contributed by atoms with E-state index in [1.807, 2.05) is 68.4 Å². The highest BCUT2D eigenvalue weighted by Gasteiger charge is 2.33. The van der Waals surface area contributed by atoms with Crippen molar-refractivity contribution in [2.24, 2.45) is 5.16 Å². The first kappa shape index (κ1) is 19.7. The fourth-order valence-electron chi connectivity index (χ4n) is 2.97. The topological polar surface area (TPSA) is 62.1 Å². The number of hydrogen-bond donors (Lipinski definition) is 1. The largest absolute Gasteiger partial charge is 0.399 e. The van der Waals surface area contributed by atoms with Gasteiger partial charge in [0.2, 0.25) is 0 Å². The zero-order chi connectivity index (χ0) is 18.9. The average Bonchev–Trinajstić information content (AvgIpc) is 3.13. The lowest BCUT2D eigenvalue weighted by Crippen LogP contribution is -2.37. The molecule has 0 aromatic heterocycles. The van der Waals surface area contributed by atoms with E-state index in [-0.39, 0.29) is 18.6 Å². The number of nitrogens with zero attached hydrogens (tertiary/aromatic N) is 2. The van der Waals surface area contributed by atoms with Crippen LogP contribution in [0.5, 0.6) is 0 Å². The number of aliphatic hydroxyl groups excluding tert-OH is 1. The van der Waals surface area contributed by atoms with Gasteiger partial charge in [0.25, 0.3) is 5.91 Å². The van der Waals surface area contributed by atoms with Crippen molar-refractivity contribution in [3.63, 3.8) is 0 Å². The van der Waals surface area contributed by atoms with Crippen molar-refractivity contribution < 1.29 is 14.7 Å². The van der Waals surface area contributed by atoms with Crippen LogP contribution in [0.25, 0.3) is 11.1 Å². The van der Waals surface area contributed by atoms with Crippen molar-refractivity contribution in [1.82, 2.24) is 4.90 Å². The Kier molecular flexibility index (Phi) is 7.36. The second-order valence-electron chi connectivity index (χ2n) is 5.76. The van der Waals surface area contributed by atoms with Gasteiger partial charge in [-0.15, -0.1) is 0 Å². The maximum atomic E-state index is 12.7. The smallest absolute Gasteiger partial charge is 0.254 e. The maximum Gasteiger partial charge on any atom is 0.254 e. The molecule has 1 amide bonds. The lowest BCUT2D eigenvalue weighted by molar-refractivity contribution is 0.0680. The molecule has 1 heterocycles. The average molecular weight is 354 g/mol. The molecule has 1 aliphatic heterocycles. The minimum absolute atomic E-state index is 0.0867. The van der Waals surface area contributed by atoms with E-state index in [0.29, 0.717) is 18.5 Å². The quantitative estimate of drug-likeness (QED) is 0.854. The van der Waals surface area contributed by atoms with Gasteiger partial charge in [0, 0.05) is 12.0 Å². The Morgan fingerprint density at radius 3 is 2.31 bits per heavy atom. The molecular formula is C21H26N2O3. The summed E-state index contributed by atoms with van der Waals surface area (Å²) in [6.45, 7) is 4.30. The molecule has 1 aliphatic rings. The first-order chi connectivity index (χ1) is 12.7. The molecule has 1 N–H and O–H groups in total. The van der Waals surface area contributed by atoms with E-state index < -0.39 is 0 Å². The Labute approximate surface area is 154 Å². The van der Waals surface area contributed by atoms with Crippen LogP contribution in [0.1, 0.15) is 30.6 Å². The molecule has 1 fully saturated rings. The Balaban J connectivity index is 0.00000117. The monoisotopic (exact) mass is 354 g/mol. The molecule has 0 spiro atoms. The highest BCUT2D eigenvalue weighted by atomic mass is 16.6. The zero-order valence-electron chi connectivity index (χ0n) is 15.6. The predicted octanol–water partition coefficient (Wildman–Crippen LogP) is 3.59. The van der Waals surface area contributed by atoms with Gasteiger partial charge in [-0.3, -0.25) is 4.79 Å². The molecule has 1 saturated heterocycles. The standard InChI is InChI=1S/C19H20N2O3.C2H6/c1-24-20-17-11-18(13-22)21(12-17)19(23)16-9-7-15(8-10-16)14-5-3-2-4-6-14;1-2/h2-10,18,22H,11-13H2,1H3;1-2H3/b20-17-;. The molecule has 5 nitrogen and oxygen atoms in total. The van der Waals surface area contributed by atoms with Gasteiger partial charge in [0.15, 0.2) is 0 Å². The molecule has 138 valence electrons. The number of rotatable bonds is 4. The fraction of sp³-hybridized carbons (Fsp3) is 0.333. The highest BCUT2D eigenvalue weighted by Crippen LogP contribution is 2.22. The molecule has 0 bridgehead atoms. The molecule has 0 saturated carbocycles. The summed E-state index contributed by atoms with van der Waals surface area (Å²) in [5.41, 5.74) is 3.55. The third-order valence-electron chi connectivity index (χ3n) is 4.20. The summed E-state index contributed by atoms with van der Waals surface area (Å²) in [6.07, 6.45) is 0.540. The van der Waals surface area contributed by atoms with Crippen LogP contribution in [-0.2, 0) is 4.84 Å². The molecule has 1 unspecified atom stereocenters. The van der Waals surface area contributed by atoms with Crippen LogP contribution < -0.4 is 0 Å². The van der Waals surface area contributed by atoms with Crippen LogP contribution in [0.4, 0.5) is 0 Å². The van der Waals surface area contributed by atoms with E-state index in [0.717, 1.165) is 16.8 Å². The number of carbonyl (C=O) groups excluding carboxylic acids is 1. The van der Waals surface area contributed by atoms with Gasteiger partial charge in [0.05, 0.1) is 24.9 Å². The van der Waals surface area contributed by atoms with E-state index in [1.54, 1.807) is 4.90 Å². The molecule has 0 radical (unpaired) electrons. The highest BCUT2D eigenvalue weighted by molar-refractivity contribution is 6.00. The fourth-order valence-corrected chi connectivity index (χ4v) is 2.97. The summed E-state index contributed by atoms with van der Waals surface area (Å²) in [4.78, 5) is 19.2. The van der Waals surface area contributed by atoms with E-state index in [1.165, 1.54) is 7.11 Å². The van der Waals surface area contributed by atoms with Gasteiger partial charge in [-0.25, -0.2) is 0 Å². The number of amides is 1. The summed E-state index contributed by atoms with van der Waals surface area (Å²) < 4.78 is 0. The lowest BCUT2D eigenvalue weighted by atomic mass is 10.0. The summed E-state index contributed by atoms with van der Waals surface area (Å²) >= 11 is 0. The Hall–Kier alpha value is -2.66. The number of carbonyl (C=O) groups is 1. The molecular weight excluding hydrogens is 328 g/mol. The first-order valence-electron chi connectivity index (χ1n) is 8.89. The maximum absolute atomic E-state index is 12.7.